The number of benzene rings is 3. The van der Waals surface area contributed by atoms with Crippen molar-refractivity contribution in [2.75, 3.05) is 26.2 Å². The van der Waals surface area contributed by atoms with Crippen LogP contribution in [0, 0.1) is 0 Å². The minimum absolute atomic E-state index is 0.134. The lowest BCUT2D eigenvalue weighted by Crippen LogP contribution is -2.38. The Balaban J connectivity index is 1.94. The first-order valence-electron chi connectivity index (χ1n) is 13.7. The van der Waals surface area contributed by atoms with Crippen molar-refractivity contribution in [2.24, 2.45) is 5.73 Å². The van der Waals surface area contributed by atoms with Gasteiger partial charge in [-0.25, -0.2) is 0 Å². The van der Waals surface area contributed by atoms with E-state index in [-0.39, 0.29) is 11.5 Å². The Labute approximate surface area is 240 Å². The summed E-state index contributed by atoms with van der Waals surface area (Å²) in [6.07, 6.45) is 2.08. The Kier molecular flexibility index (Phi) is 12.2. The first kappa shape index (κ1) is 30.5. The topological polar surface area (TPSA) is 95.7 Å². The van der Waals surface area contributed by atoms with E-state index in [9.17, 15) is 14.7 Å². The van der Waals surface area contributed by atoms with E-state index in [4.69, 9.17) is 5.73 Å². The molecular formula is C32H40BrN3O3. The summed E-state index contributed by atoms with van der Waals surface area (Å²) in [5.74, 6) is -1.25. The highest BCUT2D eigenvalue weighted by molar-refractivity contribution is 9.10. The smallest absolute Gasteiger partial charge is 0.254 e. The van der Waals surface area contributed by atoms with E-state index in [2.05, 4.69) is 33.4 Å². The lowest BCUT2D eigenvalue weighted by atomic mass is 9.81. The molecule has 0 aliphatic heterocycles. The van der Waals surface area contributed by atoms with Gasteiger partial charge in [-0.3, -0.25) is 9.59 Å². The highest BCUT2D eigenvalue weighted by Crippen LogP contribution is 2.32. The van der Waals surface area contributed by atoms with Gasteiger partial charge in [0, 0.05) is 41.2 Å². The molecule has 4 N–H and O–H groups in total. The van der Waals surface area contributed by atoms with E-state index in [1.165, 1.54) is 5.56 Å². The molecule has 3 aromatic rings. The van der Waals surface area contributed by atoms with Crippen LogP contribution in [0.15, 0.2) is 77.3 Å². The fourth-order valence-corrected chi connectivity index (χ4v) is 5.23. The third-order valence-corrected chi connectivity index (χ3v) is 7.40. The molecule has 39 heavy (non-hydrogen) atoms. The van der Waals surface area contributed by atoms with Gasteiger partial charge in [0.05, 0.1) is 6.10 Å². The molecule has 7 heteroatoms. The van der Waals surface area contributed by atoms with E-state index >= 15 is 0 Å². The molecule has 0 saturated heterocycles. The number of nitrogens with zero attached hydrogens (tertiary/aromatic N) is 1. The number of nitrogens with one attached hydrogen (secondary N) is 1. The number of aliphatic hydroxyl groups excluding tert-OH is 1. The van der Waals surface area contributed by atoms with Crippen LogP contribution < -0.4 is 11.1 Å². The van der Waals surface area contributed by atoms with Gasteiger partial charge in [-0.15, -0.1) is 0 Å². The van der Waals surface area contributed by atoms with Gasteiger partial charge in [-0.2, -0.15) is 0 Å². The van der Waals surface area contributed by atoms with Crippen molar-refractivity contribution in [1.29, 1.82) is 0 Å². The number of nitrogens with two attached hydrogens (primary N) is 1. The molecule has 208 valence electrons. The Morgan fingerprint density at radius 1 is 0.897 bits per heavy atom. The normalized spacial score (nSPS) is 12.6. The summed E-state index contributed by atoms with van der Waals surface area (Å²) in [7, 11) is 0. The van der Waals surface area contributed by atoms with Gasteiger partial charge < -0.3 is 21.1 Å². The number of carbonyl (C=O) groups excluding carboxylic acids is 2. The summed E-state index contributed by atoms with van der Waals surface area (Å²) >= 11 is 3.46. The van der Waals surface area contributed by atoms with Crippen molar-refractivity contribution >= 4 is 27.7 Å². The average Bonchev–Trinajstić information content (AvgIpc) is 2.94. The minimum Gasteiger partial charge on any atom is -0.391 e. The Bertz CT molecular complexity index is 1200. The van der Waals surface area contributed by atoms with Crippen molar-refractivity contribution in [1.82, 2.24) is 10.2 Å². The summed E-state index contributed by atoms with van der Waals surface area (Å²) in [4.78, 5) is 28.3. The number of carbonyl (C=O) groups is 2. The zero-order valence-electron chi connectivity index (χ0n) is 22.9. The van der Waals surface area contributed by atoms with Crippen LogP contribution in [0.4, 0.5) is 0 Å². The van der Waals surface area contributed by atoms with Crippen LogP contribution in [-0.4, -0.2) is 54.1 Å². The number of aliphatic hydroxyl groups is 1. The summed E-state index contributed by atoms with van der Waals surface area (Å²) in [6.45, 7) is 6.31. The van der Waals surface area contributed by atoms with E-state index in [0.29, 0.717) is 43.7 Å². The van der Waals surface area contributed by atoms with Gasteiger partial charge in [-0.05, 0) is 73.2 Å². The van der Waals surface area contributed by atoms with Crippen molar-refractivity contribution < 1.29 is 14.7 Å². The maximum atomic E-state index is 13.8. The van der Waals surface area contributed by atoms with Gasteiger partial charge in [0.15, 0.2) is 0 Å². The van der Waals surface area contributed by atoms with E-state index in [0.717, 1.165) is 29.3 Å². The number of hydrogen-bond donors (Lipinski definition) is 3. The highest BCUT2D eigenvalue weighted by Gasteiger charge is 2.31. The molecule has 0 saturated carbocycles. The predicted molar refractivity (Wildman–Crippen MR) is 161 cm³/mol. The van der Waals surface area contributed by atoms with Gasteiger partial charge in [0.1, 0.15) is 0 Å². The van der Waals surface area contributed by atoms with Crippen LogP contribution in [0.1, 0.15) is 70.0 Å². The van der Waals surface area contributed by atoms with Crippen LogP contribution >= 0.6 is 15.9 Å². The van der Waals surface area contributed by atoms with Crippen molar-refractivity contribution in [2.45, 2.75) is 51.6 Å². The molecule has 3 rings (SSSR count). The lowest BCUT2D eigenvalue weighted by Gasteiger charge is -2.29. The Hall–Kier alpha value is -3.00. The molecule has 2 atom stereocenters. The van der Waals surface area contributed by atoms with E-state index in [1.54, 1.807) is 18.2 Å². The zero-order valence-corrected chi connectivity index (χ0v) is 24.5. The maximum absolute atomic E-state index is 13.8. The van der Waals surface area contributed by atoms with Crippen molar-refractivity contribution in [3.05, 3.63) is 105 Å². The van der Waals surface area contributed by atoms with Gasteiger partial charge in [0.25, 0.3) is 5.91 Å². The first-order chi connectivity index (χ1) is 18.8. The lowest BCUT2D eigenvalue weighted by molar-refractivity contribution is 0.0751. The molecular weight excluding hydrogens is 554 g/mol. The quantitative estimate of drug-likeness (QED) is 0.207. The van der Waals surface area contributed by atoms with Crippen LogP contribution in [0.5, 0.6) is 0 Å². The standard InChI is InChI=1S/C32H40BrN3O3/c1-3-19-36(20-4-2)32(39)27-12-8-11-26(31(34)38)30(27)28(21-24-9-6-5-7-10-24)29(37)22-35-18-17-23-13-15-25(33)16-14-23/h5-16,28-29,35,37H,3-4,17-22H2,1-2H3,(H2,34,38)/t28-,29+/m1/s1. The van der Waals surface area contributed by atoms with Crippen molar-refractivity contribution in [3.8, 4) is 0 Å². The second kappa shape index (κ2) is 15.6. The van der Waals surface area contributed by atoms with Crippen molar-refractivity contribution in [3.63, 3.8) is 0 Å². The second-order valence-corrected chi connectivity index (χ2v) is 10.8. The summed E-state index contributed by atoms with van der Waals surface area (Å²) in [5, 5.41) is 14.9. The molecule has 0 bridgehead atoms. The summed E-state index contributed by atoms with van der Waals surface area (Å²) in [6, 6.07) is 23.1. The molecule has 3 aromatic carbocycles. The molecule has 2 amide bonds. The number of hydrogen-bond acceptors (Lipinski definition) is 4. The van der Waals surface area contributed by atoms with E-state index in [1.807, 2.05) is 61.2 Å². The number of amides is 2. The third kappa shape index (κ3) is 8.75. The summed E-state index contributed by atoms with van der Waals surface area (Å²) < 4.78 is 1.04. The molecule has 0 heterocycles. The zero-order chi connectivity index (χ0) is 28.2. The van der Waals surface area contributed by atoms with Gasteiger partial charge in [0.2, 0.25) is 5.91 Å². The fraction of sp³-hybridized carbons (Fsp3) is 0.375. The molecule has 0 spiro atoms. The molecule has 0 radical (unpaired) electrons. The number of primary amides is 1. The summed E-state index contributed by atoms with van der Waals surface area (Å²) in [5.41, 5.74) is 9.28. The monoisotopic (exact) mass is 593 g/mol. The highest BCUT2D eigenvalue weighted by atomic mass is 79.9. The van der Waals surface area contributed by atoms with Crippen LogP contribution in [0.25, 0.3) is 0 Å². The predicted octanol–water partition coefficient (Wildman–Crippen LogP) is 5.33. The van der Waals surface area contributed by atoms with Gasteiger partial charge >= 0.3 is 0 Å². The molecule has 0 aliphatic carbocycles. The van der Waals surface area contributed by atoms with Crippen LogP contribution in [0.2, 0.25) is 0 Å². The first-order valence-corrected chi connectivity index (χ1v) is 14.5. The third-order valence-electron chi connectivity index (χ3n) is 6.87. The van der Waals surface area contributed by atoms with Crippen LogP contribution in [-0.2, 0) is 12.8 Å². The minimum atomic E-state index is -0.854. The molecule has 6 nitrogen and oxygen atoms in total. The maximum Gasteiger partial charge on any atom is 0.254 e. The van der Waals surface area contributed by atoms with E-state index < -0.39 is 17.9 Å². The molecule has 0 aliphatic rings. The van der Waals surface area contributed by atoms with Crippen LogP contribution in [0.3, 0.4) is 0 Å². The van der Waals surface area contributed by atoms with Gasteiger partial charge in [-0.1, -0.05) is 78.3 Å². The molecule has 0 aromatic heterocycles. The Morgan fingerprint density at radius 3 is 2.15 bits per heavy atom. The number of rotatable bonds is 15. The largest absolute Gasteiger partial charge is 0.391 e. The molecule has 0 unspecified atom stereocenters. The number of halogens is 1. The Morgan fingerprint density at radius 2 is 1.54 bits per heavy atom. The SMILES string of the molecule is CCCN(CCC)C(=O)c1cccc(C(N)=O)c1[C@H](Cc1ccccc1)[C@@H](O)CNCCc1ccc(Br)cc1. The second-order valence-electron chi connectivity index (χ2n) is 9.87. The molecule has 0 fully saturated rings. The average molecular weight is 595 g/mol. The fourth-order valence-electron chi connectivity index (χ4n) is 4.97.